The largest absolute Gasteiger partial charge is 0.392 e. The normalized spacial score (nSPS) is 21.9. The molecule has 0 spiro atoms. The van der Waals surface area contributed by atoms with Crippen molar-refractivity contribution in [3.05, 3.63) is 71.8 Å². The molecule has 1 nitrogen and oxygen atoms in total. The number of hydrogen-bond acceptors (Lipinski definition) is 1. The van der Waals surface area contributed by atoms with Crippen molar-refractivity contribution in [2.45, 2.75) is 30.8 Å². The number of rotatable bonds is 2. The van der Waals surface area contributed by atoms with E-state index in [4.69, 9.17) is 0 Å². The van der Waals surface area contributed by atoms with Crippen LogP contribution in [0.2, 0.25) is 0 Å². The van der Waals surface area contributed by atoms with Crippen molar-refractivity contribution in [2.24, 2.45) is 0 Å². The van der Waals surface area contributed by atoms with Crippen molar-refractivity contribution >= 4 is 0 Å². The second kappa shape index (κ2) is 4.58. The van der Waals surface area contributed by atoms with E-state index in [-0.39, 0.29) is 11.5 Å². The number of aliphatic hydroxyl groups is 1. The van der Waals surface area contributed by atoms with E-state index in [1.165, 1.54) is 11.1 Å². The fourth-order valence-electron chi connectivity index (χ4n) is 3.30. The monoisotopic (exact) mass is 238 g/mol. The first-order chi connectivity index (χ1) is 8.84. The van der Waals surface area contributed by atoms with E-state index >= 15 is 0 Å². The van der Waals surface area contributed by atoms with Gasteiger partial charge in [-0.05, 0) is 30.4 Å². The highest BCUT2D eigenvalue weighted by molar-refractivity contribution is 5.42. The minimum Gasteiger partial charge on any atom is -0.392 e. The third-order valence-electron chi connectivity index (χ3n) is 4.20. The molecule has 0 aromatic heterocycles. The Balaban J connectivity index is 2.17. The molecule has 0 unspecified atom stereocenters. The molecule has 2 aromatic rings. The molecule has 2 aromatic carbocycles. The van der Waals surface area contributed by atoms with Crippen molar-refractivity contribution in [3.8, 4) is 0 Å². The van der Waals surface area contributed by atoms with Gasteiger partial charge >= 0.3 is 0 Å². The number of benzene rings is 2. The van der Waals surface area contributed by atoms with Gasteiger partial charge in [-0.3, -0.25) is 0 Å². The summed E-state index contributed by atoms with van der Waals surface area (Å²) in [6, 6.07) is 20.9. The summed E-state index contributed by atoms with van der Waals surface area (Å²) in [6.45, 7) is 0. The summed E-state index contributed by atoms with van der Waals surface area (Å²) in [5.74, 6) is 0. The van der Waals surface area contributed by atoms with Gasteiger partial charge in [-0.2, -0.15) is 0 Å². The van der Waals surface area contributed by atoms with Gasteiger partial charge in [0, 0.05) is 5.41 Å². The van der Waals surface area contributed by atoms with Crippen LogP contribution in [0.3, 0.4) is 0 Å². The first-order valence-corrected chi connectivity index (χ1v) is 6.63. The molecule has 0 radical (unpaired) electrons. The summed E-state index contributed by atoms with van der Waals surface area (Å²) in [6.07, 6.45) is 2.74. The minimum atomic E-state index is -0.276. The topological polar surface area (TPSA) is 20.2 Å². The maximum absolute atomic E-state index is 10.5. The predicted octanol–water partition coefficient (Wildman–Crippen LogP) is 3.52. The van der Waals surface area contributed by atoms with E-state index in [1.54, 1.807) is 0 Å². The highest BCUT2D eigenvalue weighted by Gasteiger charge is 2.44. The molecule has 92 valence electrons. The van der Waals surface area contributed by atoms with Crippen LogP contribution in [-0.2, 0) is 5.41 Å². The summed E-state index contributed by atoms with van der Waals surface area (Å²) < 4.78 is 0. The van der Waals surface area contributed by atoms with Crippen LogP contribution in [0.5, 0.6) is 0 Å². The molecule has 1 aliphatic carbocycles. The third kappa shape index (κ3) is 1.67. The molecule has 1 saturated carbocycles. The Morgan fingerprint density at radius 3 is 1.72 bits per heavy atom. The Kier molecular flexibility index (Phi) is 2.92. The lowest BCUT2D eigenvalue weighted by atomic mass is 9.71. The van der Waals surface area contributed by atoms with Crippen molar-refractivity contribution in [2.75, 3.05) is 0 Å². The minimum absolute atomic E-state index is 0.206. The zero-order chi connectivity index (χ0) is 12.4. The van der Waals surface area contributed by atoms with E-state index in [2.05, 4.69) is 48.5 Å². The highest BCUT2D eigenvalue weighted by Crippen LogP contribution is 2.46. The molecular weight excluding hydrogens is 220 g/mol. The van der Waals surface area contributed by atoms with Crippen LogP contribution in [0.4, 0.5) is 0 Å². The van der Waals surface area contributed by atoms with Crippen LogP contribution in [0.15, 0.2) is 60.7 Å². The van der Waals surface area contributed by atoms with Gasteiger partial charge < -0.3 is 5.11 Å². The lowest BCUT2D eigenvalue weighted by Gasteiger charge is -2.34. The van der Waals surface area contributed by atoms with Crippen molar-refractivity contribution < 1.29 is 5.11 Å². The van der Waals surface area contributed by atoms with Gasteiger partial charge in [0.25, 0.3) is 0 Å². The first-order valence-electron chi connectivity index (χ1n) is 6.63. The summed E-state index contributed by atoms with van der Waals surface area (Å²) in [7, 11) is 0. The average molecular weight is 238 g/mol. The Morgan fingerprint density at radius 2 is 1.33 bits per heavy atom. The molecule has 1 atom stereocenters. The average Bonchev–Trinajstić information content (AvgIpc) is 2.84. The summed E-state index contributed by atoms with van der Waals surface area (Å²) >= 11 is 0. The maximum Gasteiger partial charge on any atom is 0.0677 e. The quantitative estimate of drug-likeness (QED) is 0.848. The highest BCUT2D eigenvalue weighted by atomic mass is 16.3. The molecular formula is C17H18O. The van der Waals surface area contributed by atoms with Crippen LogP contribution in [0, 0.1) is 0 Å². The third-order valence-corrected chi connectivity index (χ3v) is 4.20. The zero-order valence-corrected chi connectivity index (χ0v) is 10.4. The number of aliphatic hydroxyl groups excluding tert-OH is 1. The van der Waals surface area contributed by atoms with E-state index in [1.807, 2.05) is 12.1 Å². The number of hydrogen-bond donors (Lipinski definition) is 1. The van der Waals surface area contributed by atoms with Crippen LogP contribution in [0.25, 0.3) is 0 Å². The van der Waals surface area contributed by atoms with E-state index in [0.29, 0.717) is 0 Å². The molecule has 1 N–H and O–H groups in total. The van der Waals surface area contributed by atoms with E-state index in [0.717, 1.165) is 19.3 Å². The summed E-state index contributed by atoms with van der Waals surface area (Å²) in [4.78, 5) is 0. The second-order valence-corrected chi connectivity index (χ2v) is 5.11. The molecule has 3 rings (SSSR count). The first kappa shape index (κ1) is 11.5. The fraction of sp³-hybridized carbons (Fsp3) is 0.294. The van der Waals surface area contributed by atoms with Crippen LogP contribution in [-0.4, -0.2) is 11.2 Å². The van der Waals surface area contributed by atoms with Crippen LogP contribution in [0.1, 0.15) is 30.4 Å². The van der Waals surface area contributed by atoms with Crippen LogP contribution < -0.4 is 0 Å². The molecule has 0 heterocycles. The standard InChI is InChI=1S/C17H18O/c18-16-12-7-13-17(16,14-8-3-1-4-9-14)15-10-5-2-6-11-15/h1-6,8-11,16,18H,7,12-13H2/t16-/m1/s1. The van der Waals surface area contributed by atoms with E-state index < -0.39 is 0 Å². The maximum atomic E-state index is 10.5. The van der Waals surface area contributed by atoms with Gasteiger partial charge in [0.2, 0.25) is 0 Å². The van der Waals surface area contributed by atoms with Gasteiger partial charge in [-0.1, -0.05) is 60.7 Å². The Labute approximate surface area is 108 Å². The van der Waals surface area contributed by atoms with Crippen molar-refractivity contribution in [3.63, 3.8) is 0 Å². The van der Waals surface area contributed by atoms with Gasteiger partial charge in [-0.25, -0.2) is 0 Å². The second-order valence-electron chi connectivity index (χ2n) is 5.11. The smallest absolute Gasteiger partial charge is 0.0677 e. The van der Waals surface area contributed by atoms with Crippen molar-refractivity contribution in [1.29, 1.82) is 0 Å². The molecule has 1 aliphatic rings. The SMILES string of the molecule is O[C@@H]1CCCC1(c1ccccc1)c1ccccc1. The molecule has 1 heteroatoms. The summed E-state index contributed by atoms with van der Waals surface area (Å²) in [5, 5.41) is 10.5. The molecule has 1 fully saturated rings. The van der Waals surface area contributed by atoms with Crippen molar-refractivity contribution in [1.82, 2.24) is 0 Å². The Hall–Kier alpha value is -1.60. The zero-order valence-electron chi connectivity index (χ0n) is 10.4. The van der Waals surface area contributed by atoms with Crippen LogP contribution >= 0.6 is 0 Å². The van der Waals surface area contributed by atoms with Gasteiger partial charge in [-0.15, -0.1) is 0 Å². The van der Waals surface area contributed by atoms with Gasteiger partial charge in [0.05, 0.1) is 6.10 Å². The summed E-state index contributed by atoms with van der Waals surface area (Å²) in [5.41, 5.74) is 2.27. The lowest BCUT2D eigenvalue weighted by Crippen LogP contribution is -2.35. The fourth-order valence-corrected chi connectivity index (χ4v) is 3.30. The molecule has 0 bridgehead atoms. The molecule has 0 amide bonds. The Morgan fingerprint density at radius 1 is 0.833 bits per heavy atom. The van der Waals surface area contributed by atoms with Gasteiger partial charge in [0.15, 0.2) is 0 Å². The Bertz CT molecular complexity index is 464. The predicted molar refractivity (Wildman–Crippen MR) is 73.5 cm³/mol. The molecule has 0 aliphatic heterocycles. The lowest BCUT2D eigenvalue weighted by molar-refractivity contribution is 0.127. The molecule has 0 saturated heterocycles. The van der Waals surface area contributed by atoms with Gasteiger partial charge in [0.1, 0.15) is 0 Å². The molecule has 18 heavy (non-hydrogen) atoms. The van der Waals surface area contributed by atoms with E-state index in [9.17, 15) is 5.11 Å².